The Balaban J connectivity index is 0.00000264. The molecule has 3 N–H and O–H groups in total. The van der Waals surface area contributed by atoms with Crippen molar-refractivity contribution in [1.82, 2.24) is 5.32 Å². The molecule has 0 bridgehead atoms. The lowest BCUT2D eigenvalue weighted by Crippen LogP contribution is -2.52. The molecule has 130 valence electrons. The van der Waals surface area contributed by atoms with Crippen LogP contribution in [0.1, 0.15) is 31.2 Å². The van der Waals surface area contributed by atoms with E-state index in [1.165, 1.54) is 12.1 Å². The highest BCUT2D eigenvalue weighted by atomic mass is 35.5. The van der Waals surface area contributed by atoms with Crippen LogP contribution in [0.4, 0.5) is 13.2 Å². The maximum Gasteiger partial charge on any atom is 0.573 e. The molecule has 1 aliphatic rings. The largest absolute Gasteiger partial charge is 0.573 e. The summed E-state index contributed by atoms with van der Waals surface area (Å²) in [5.41, 5.74) is 5.57. The van der Waals surface area contributed by atoms with Crippen molar-refractivity contribution in [3.8, 4) is 5.75 Å². The van der Waals surface area contributed by atoms with E-state index in [4.69, 9.17) is 5.73 Å². The summed E-state index contributed by atoms with van der Waals surface area (Å²) in [5, 5.41) is 2.70. The molecule has 1 amide bonds. The van der Waals surface area contributed by atoms with Gasteiger partial charge in [0.25, 0.3) is 0 Å². The number of alkyl halides is 3. The van der Waals surface area contributed by atoms with E-state index in [1.807, 2.05) is 0 Å². The summed E-state index contributed by atoms with van der Waals surface area (Å²) >= 11 is 0. The molecule has 1 aromatic rings. The average molecular weight is 353 g/mol. The fourth-order valence-electron chi connectivity index (χ4n) is 2.65. The van der Waals surface area contributed by atoms with E-state index >= 15 is 0 Å². The predicted molar refractivity (Wildman–Crippen MR) is 82.5 cm³/mol. The van der Waals surface area contributed by atoms with Crippen LogP contribution in [0.2, 0.25) is 0 Å². The van der Waals surface area contributed by atoms with Gasteiger partial charge >= 0.3 is 6.36 Å². The molecule has 8 heteroatoms. The molecule has 0 atom stereocenters. The number of hydrogen-bond acceptors (Lipinski definition) is 3. The van der Waals surface area contributed by atoms with Crippen molar-refractivity contribution in [3.05, 3.63) is 29.8 Å². The first-order valence-corrected chi connectivity index (χ1v) is 7.21. The molecule has 0 aromatic heterocycles. The third-order valence-electron chi connectivity index (χ3n) is 3.83. The zero-order valence-corrected chi connectivity index (χ0v) is 13.3. The average Bonchev–Trinajstić information content (AvgIpc) is 2.87. The highest BCUT2D eigenvalue weighted by Crippen LogP contribution is 2.28. The maximum absolute atomic E-state index is 12.3. The molecule has 0 spiro atoms. The van der Waals surface area contributed by atoms with Crippen molar-refractivity contribution < 1.29 is 22.7 Å². The summed E-state index contributed by atoms with van der Waals surface area (Å²) in [4.78, 5) is 12.0. The highest BCUT2D eigenvalue weighted by molar-refractivity contribution is 5.86. The first-order valence-electron chi connectivity index (χ1n) is 7.21. The Morgan fingerprint density at radius 3 is 2.48 bits per heavy atom. The molecule has 1 aliphatic carbocycles. The summed E-state index contributed by atoms with van der Waals surface area (Å²) in [7, 11) is 0. The van der Waals surface area contributed by atoms with E-state index in [1.54, 1.807) is 12.1 Å². The monoisotopic (exact) mass is 352 g/mol. The van der Waals surface area contributed by atoms with E-state index in [0.29, 0.717) is 18.4 Å². The standard InChI is InChI=1S/C15H19F3N2O2.ClH/c16-15(17,18)22-12-6-2-1-5-11(12)7-10-20-13(21)14(19)8-3-4-9-14;/h1-2,5-6H,3-4,7-10,19H2,(H,20,21);1H. The number of hydrogen-bond donors (Lipinski definition) is 2. The van der Waals surface area contributed by atoms with E-state index in [0.717, 1.165) is 12.8 Å². The van der Waals surface area contributed by atoms with Crippen molar-refractivity contribution >= 4 is 18.3 Å². The van der Waals surface area contributed by atoms with Crippen LogP contribution in [-0.2, 0) is 11.2 Å². The van der Waals surface area contributed by atoms with Gasteiger partial charge in [-0.3, -0.25) is 4.79 Å². The fourth-order valence-corrected chi connectivity index (χ4v) is 2.65. The van der Waals surface area contributed by atoms with Crippen LogP contribution in [0, 0.1) is 0 Å². The Hall–Kier alpha value is -1.47. The smallest absolute Gasteiger partial charge is 0.406 e. The Morgan fingerprint density at radius 2 is 1.87 bits per heavy atom. The van der Waals surface area contributed by atoms with Gasteiger partial charge in [-0.25, -0.2) is 0 Å². The molecular weight excluding hydrogens is 333 g/mol. The van der Waals surface area contributed by atoms with Crippen LogP contribution in [0.5, 0.6) is 5.75 Å². The van der Waals surface area contributed by atoms with Gasteiger partial charge in [-0.05, 0) is 30.9 Å². The predicted octanol–water partition coefficient (Wildman–Crippen LogP) is 2.94. The van der Waals surface area contributed by atoms with Crippen LogP contribution in [0.15, 0.2) is 24.3 Å². The molecule has 23 heavy (non-hydrogen) atoms. The molecule has 1 fully saturated rings. The molecule has 0 heterocycles. The van der Waals surface area contributed by atoms with Gasteiger partial charge in [-0.1, -0.05) is 31.0 Å². The Labute approximate surface area is 139 Å². The minimum atomic E-state index is -4.73. The second-order valence-electron chi connectivity index (χ2n) is 5.52. The SMILES string of the molecule is Cl.NC1(C(=O)NCCc2ccccc2OC(F)(F)F)CCCC1. The normalized spacial score (nSPS) is 16.5. The molecule has 0 radical (unpaired) electrons. The number of amides is 1. The van der Waals surface area contributed by atoms with E-state index in [9.17, 15) is 18.0 Å². The third-order valence-corrected chi connectivity index (χ3v) is 3.83. The Morgan fingerprint density at radius 1 is 1.26 bits per heavy atom. The van der Waals surface area contributed by atoms with Crippen molar-refractivity contribution in [2.24, 2.45) is 5.73 Å². The number of para-hydroxylation sites is 1. The topological polar surface area (TPSA) is 64.4 Å². The van der Waals surface area contributed by atoms with Crippen molar-refractivity contribution in [1.29, 1.82) is 0 Å². The molecule has 1 saturated carbocycles. The maximum atomic E-state index is 12.3. The summed E-state index contributed by atoms with van der Waals surface area (Å²) in [6.45, 7) is 0.218. The highest BCUT2D eigenvalue weighted by Gasteiger charge is 2.36. The quantitative estimate of drug-likeness (QED) is 0.856. The van der Waals surface area contributed by atoms with Gasteiger partial charge in [0.2, 0.25) is 5.91 Å². The number of nitrogens with one attached hydrogen (secondary N) is 1. The van der Waals surface area contributed by atoms with E-state index in [-0.39, 0.29) is 37.0 Å². The molecule has 2 rings (SSSR count). The lowest BCUT2D eigenvalue weighted by atomic mass is 9.98. The zero-order chi connectivity index (χ0) is 16.2. The van der Waals surface area contributed by atoms with Gasteiger partial charge in [0.05, 0.1) is 5.54 Å². The van der Waals surface area contributed by atoms with Crippen molar-refractivity contribution in [3.63, 3.8) is 0 Å². The number of halogens is 4. The van der Waals surface area contributed by atoms with Crippen LogP contribution in [-0.4, -0.2) is 24.4 Å². The number of carbonyl (C=O) groups excluding carboxylic acids is 1. The number of benzene rings is 1. The molecule has 4 nitrogen and oxygen atoms in total. The van der Waals surface area contributed by atoms with Gasteiger partial charge in [0.15, 0.2) is 0 Å². The Bertz CT molecular complexity index is 532. The fraction of sp³-hybridized carbons (Fsp3) is 0.533. The summed E-state index contributed by atoms with van der Waals surface area (Å²) in [5.74, 6) is -0.480. The van der Waals surface area contributed by atoms with Crippen LogP contribution < -0.4 is 15.8 Å². The van der Waals surface area contributed by atoms with Crippen molar-refractivity contribution in [2.45, 2.75) is 44.0 Å². The first kappa shape index (κ1) is 19.6. The molecular formula is C15H20ClF3N2O2. The lowest BCUT2D eigenvalue weighted by Gasteiger charge is -2.22. The molecule has 1 aromatic carbocycles. The molecule has 0 saturated heterocycles. The summed E-state index contributed by atoms with van der Waals surface area (Å²) in [6, 6.07) is 5.89. The first-order chi connectivity index (χ1) is 10.3. The van der Waals surface area contributed by atoms with E-state index < -0.39 is 11.9 Å². The third kappa shape index (κ3) is 5.58. The zero-order valence-electron chi connectivity index (χ0n) is 12.5. The second kappa shape index (κ2) is 7.88. The molecule has 0 unspecified atom stereocenters. The summed E-state index contributed by atoms with van der Waals surface area (Å²) < 4.78 is 40.9. The van der Waals surface area contributed by atoms with Crippen LogP contribution in [0.25, 0.3) is 0 Å². The summed E-state index contributed by atoms with van der Waals surface area (Å²) in [6.07, 6.45) is -1.35. The van der Waals surface area contributed by atoms with E-state index in [2.05, 4.69) is 10.1 Å². The van der Waals surface area contributed by atoms with Gasteiger partial charge in [0.1, 0.15) is 5.75 Å². The van der Waals surface area contributed by atoms with Crippen LogP contribution in [0.3, 0.4) is 0 Å². The molecule has 0 aliphatic heterocycles. The van der Waals surface area contributed by atoms with Gasteiger partial charge < -0.3 is 15.8 Å². The number of carbonyl (C=O) groups is 1. The number of rotatable bonds is 5. The minimum absolute atomic E-state index is 0. The van der Waals surface area contributed by atoms with Crippen LogP contribution >= 0.6 is 12.4 Å². The minimum Gasteiger partial charge on any atom is -0.406 e. The van der Waals surface area contributed by atoms with Gasteiger partial charge in [0, 0.05) is 6.54 Å². The van der Waals surface area contributed by atoms with Gasteiger partial charge in [-0.2, -0.15) is 0 Å². The van der Waals surface area contributed by atoms with Crippen molar-refractivity contribution in [2.75, 3.05) is 6.54 Å². The number of ether oxygens (including phenoxy) is 1. The lowest BCUT2D eigenvalue weighted by molar-refractivity contribution is -0.274. The second-order valence-corrected chi connectivity index (χ2v) is 5.52. The van der Waals surface area contributed by atoms with Gasteiger partial charge in [-0.15, -0.1) is 25.6 Å². The number of nitrogens with two attached hydrogens (primary N) is 1. The Kier molecular flexibility index (Phi) is 6.70.